The lowest BCUT2D eigenvalue weighted by Crippen LogP contribution is -2.22. The highest BCUT2D eigenvalue weighted by Gasteiger charge is 1.93. The normalized spacial score (nSPS) is 10.7. The van der Waals surface area contributed by atoms with Crippen LogP contribution in [0, 0.1) is 6.92 Å². The highest BCUT2D eigenvalue weighted by molar-refractivity contribution is 5.22. The first-order valence-electron chi connectivity index (χ1n) is 6.80. The van der Waals surface area contributed by atoms with E-state index in [9.17, 15) is 0 Å². The summed E-state index contributed by atoms with van der Waals surface area (Å²) in [6, 6.07) is 8.81. The van der Waals surface area contributed by atoms with Crippen molar-refractivity contribution in [2.75, 3.05) is 26.2 Å². The van der Waals surface area contributed by atoms with Crippen LogP contribution in [0.15, 0.2) is 24.3 Å². The lowest BCUT2D eigenvalue weighted by Gasteiger charge is -2.06. The largest absolute Gasteiger partial charge is 0.317 e. The van der Waals surface area contributed by atoms with Crippen LogP contribution < -0.4 is 10.6 Å². The summed E-state index contributed by atoms with van der Waals surface area (Å²) in [5, 5.41) is 6.82. The molecule has 0 aliphatic rings. The molecule has 2 heteroatoms. The monoisotopic (exact) mass is 234 g/mol. The third kappa shape index (κ3) is 7.14. The summed E-state index contributed by atoms with van der Waals surface area (Å²) < 4.78 is 0. The van der Waals surface area contributed by atoms with Crippen molar-refractivity contribution in [3.05, 3.63) is 35.4 Å². The standard InChI is InChI=1S/C15H26N2/c1-3-16-11-6-12-17-10-5-9-15-8-4-7-14(2)13-15/h4,7-8,13,16-17H,3,5-6,9-12H2,1-2H3. The third-order valence-corrected chi connectivity index (χ3v) is 2.86. The molecule has 0 saturated heterocycles. The first-order chi connectivity index (χ1) is 8.33. The third-order valence-electron chi connectivity index (χ3n) is 2.86. The van der Waals surface area contributed by atoms with Crippen molar-refractivity contribution >= 4 is 0 Å². The first kappa shape index (κ1) is 14.2. The van der Waals surface area contributed by atoms with Gasteiger partial charge in [0.1, 0.15) is 0 Å². The predicted octanol–water partition coefficient (Wildman–Crippen LogP) is 2.52. The first-order valence-corrected chi connectivity index (χ1v) is 6.80. The molecule has 17 heavy (non-hydrogen) atoms. The maximum atomic E-state index is 3.49. The molecule has 0 unspecified atom stereocenters. The minimum absolute atomic E-state index is 1.08. The SMILES string of the molecule is CCNCCCNCCCc1cccc(C)c1. The van der Waals surface area contributed by atoms with Crippen molar-refractivity contribution in [1.29, 1.82) is 0 Å². The number of hydrogen-bond donors (Lipinski definition) is 2. The Morgan fingerprint density at radius 1 is 1.00 bits per heavy atom. The van der Waals surface area contributed by atoms with E-state index in [1.165, 1.54) is 30.4 Å². The molecule has 2 N–H and O–H groups in total. The summed E-state index contributed by atoms with van der Waals surface area (Å²) in [5.41, 5.74) is 2.82. The molecule has 1 aromatic rings. The fourth-order valence-corrected chi connectivity index (χ4v) is 1.93. The van der Waals surface area contributed by atoms with Crippen LogP contribution in [0.4, 0.5) is 0 Å². The molecule has 96 valence electrons. The summed E-state index contributed by atoms with van der Waals surface area (Å²) >= 11 is 0. The second kappa shape index (κ2) is 9.20. The maximum Gasteiger partial charge on any atom is -0.00368 e. The molecule has 0 aliphatic heterocycles. The molecule has 0 aromatic heterocycles. The van der Waals surface area contributed by atoms with Crippen molar-refractivity contribution in [3.63, 3.8) is 0 Å². The van der Waals surface area contributed by atoms with Gasteiger partial charge >= 0.3 is 0 Å². The van der Waals surface area contributed by atoms with Gasteiger partial charge in [-0.25, -0.2) is 0 Å². The van der Waals surface area contributed by atoms with E-state index >= 15 is 0 Å². The van der Waals surface area contributed by atoms with Gasteiger partial charge in [-0.3, -0.25) is 0 Å². The Hall–Kier alpha value is -0.860. The molecular weight excluding hydrogens is 208 g/mol. The lowest BCUT2D eigenvalue weighted by atomic mass is 10.1. The Morgan fingerprint density at radius 3 is 2.53 bits per heavy atom. The van der Waals surface area contributed by atoms with Crippen molar-refractivity contribution in [2.24, 2.45) is 0 Å². The van der Waals surface area contributed by atoms with Crippen molar-refractivity contribution in [1.82, 2.24) is 10.6 Å². The molecule has 0 radical (unpaired) electrons. The van der Waals surface area contributed by atoms with Gasteiger partial charge in [0.2, 0.25) is 0 Å². The Balaban J connectivity index is 1.97. The van der Waals surface area contributed by atoms with Gasteiger partial charge in [-0.15, -0.1) is 0 Å². The summed E-state index contributed by atoms with van der Waals surface area (Å²) in [6.45, 7) is 8.76. The molecule has 0 spiro atoms. The summed E-state index contributed by atoms with van der Waals surface area (Å²) in [7, 11) is 0. The van der Waals surface area contributed by atoms with Crippen LogP contribution in [-0.2, 0) is 6.42 Å². The second-order valence-corrected chi connectivity index (χ2v) is 4.55. The maximum absolute atomic E-state index is 3.49. The average molecular weight is 234 g/mol. The van der Waals surface area contributed by atoms with Gasteiger partial charge in [0.05, 0.1) is 0 Å². The number of rotatable bonds is 9. The summed E-state index contributed by atoms with van der Waals surface area (Å²) in [5.74, 6) is 0. The van der Waals surface area contributed by atoms with Crippen molar-refractivity contribution < 1.29 is 0 Å². The number of benzene rings is 1. The van der Waals surface area contributed by atoms with E-state index < -0.39 is 0 Å². The number of aryl methyl sites for hydroxylation is 2. The minimum atomic E-state index is 1.08. The van der Waals surface area contributed by atoms with E-state index in [1.54, 1.807) is 0 Å². The second-order valence-electron chi connectivity index (χ2n) is 4.55. The fraction of sp³-hybridized carbons (Fsp3) is 0.600. The Bertz CT molecular complexity index is 297. The predicted molar refractivity (Wildman–Crippen MR) is 75.5 cm³/mol. The average Bonchev–Trinajstić information content (AvgIpc) is 2.33. The van der Waals surface area contributed by atoms with Gasteiger partial charge in [0.25, 0.3) is 0 Å². The molecule has 0 fully saturated rings. The highest BCUT2D eigenvalue weighted by atomic mass is 14.9. The van der Waals surface area contributed by atoms with Crippen molar-refractivity contribution in [3.8, 4) is 0 Å². The molecule has 0 atom stereocenters. The zero-order chi connectivity index (χ0) is 12.3. The van der Waals surface area contributed by atoms with Gasteiger partial charge in [-0.2, -0.15) is 0 Å². The van der Waals surface area contributed by atoms with Crippen LogP contribution in [0.5, 0.6) is 0 Å². The highest BCUT2D eigenvalue weighted by Crippen LogP contribution is 2.05. The molecule has 2 nitrogen and oxygen atoms in total. The van der Waals surface area contributed by atoms with Gasteiger partial charge in [-0.05, 0) is 57.9 Å². The molecule has 0 saturated carbocycles. The van der Waals surface area contributed by atoms with E-state index in [1.807, 2.05) is 0 Å². The van der Waals surface area contributed by atoms with Gasteiger partial charge < -0.3 is 10.6 Å². The van der Waals surface area contributed by atoms with E-state index in [4.69, 9.17) is 0 Å². The van der Waals surface area contributed by atoms with Crippen molar-refractivity contribution in [2.45, 2.75) is 33.1 Å². The molecule has 0 amide bonds. The van der Waals surface area contributed by atoms with E-state index in [2.05, 4.69) is 48.7 Å². The van der Waals surface area contributed by atoms with Crippen LogP contribution in [-0.4, -0.2) is 26.2 Å². The van der Waals surface area contributed by atoms with Crippen LogP contribution in [0.1, 0.15) is 30.9 Å². The van der Waals surface area contributed by atoms with Gasteiger partial charge in [0, 0.05) is 0 Å². The Labute approximate surface area is 106 Å². The number of nitrogens with one attached hydrogen (secondary N) is 2. The lowest BCUT2D eigenvalue weighted by molar-refractivity contribution is 0.592. The summed E-state index contributed by atoms with van der Waals surface area (Å²) in [4.78, 5) is 0. The van der Waals surface area contributed by atoms with E-state index in [0.717, 1.165) is 26.2 Å². The molecular formula is C15H26N2. The molecule has 0 heterocycles. The summed E-state index contributed by atoms with van der Waals surface area (Å²) in [6.07, 6.45) is 3.63. The van der Waals surface area contributed by atoms with Gasteiger partial charge in [0.15, 0.2) is 0 Å². The molecule has 0 aliphatic carbocycles. The fourth-order valence-electron chi connectivity index (χ4n) is 1.93. The molecule has 0 bridgehead atoms. The van der Waals surface area contributed by atoms with E-state index in [0.29, 0.717) is 0 Å². The minimum Gasteiger partial charge on any atom is -0.317 e. The smallest absolute Gasteiger partial charge is 0.00368 e. The zero-order valence-electron chi connectivity index (χ0n) is 11.3. The zero-order valence-corrected chi connectivity index (χ0v) is 11.3. The number of hydrogen-bond acceptors (Lipinski definition) is 2. The van der Waals surface area contributed by atoms with Crippen LogP contribution in [0.3, 0.4) is 0 Å². The van der Waals surface area contributed by atoms with Crippen LogP contribution >= 0.6 is 0 Å². The van der Waals surface area contributed by atoms with Gasteiger partial charge in [-0.1, -0.05) is 36.8 Å². The van der Waals surface area contributed by atoms with Crippen LogP contribution in [0.2, 0.25) is 0 Å². The Morgan fingerprint density at radius 2 is 1.76 bits per heavy atom. The molecule has 1 rings (SSSR count). The molecule has 1 aromatic carbocycles. The topological polar surface area (TPSA) is 24.1 Å². The Kier molecular flexibility index (Phi) is 7.69. The quantitative estimate of drug-likeness (QED) is 0.642. The van der Waals surface area contributed by atoms with E-state index in [-0.39, 0.29) is 0 Å². The van der Waals surface area contributed by atoms with Crippen LogP contribution in [0.25, 0.3) is 0 Å².